The average Bonchev–Trinajstić information content (AvgIpc) is 3.02. The highest BCUT2D eigenvalue weighted by molar-refractivity contribution is 7.92. The predicted octanol–water partition coefficient (Wildman–Crippen LogP) is 0.462. The maximum atomic E-state index is 12.6. The molecule has 2 rings (SSSR count). The summed E-state index contributed by atoms with van der Waals surface area (Å²) in [6.07, 6.45) is 0. The largest absolute Gasteiger partial charge is 0.324 e. The van der Waals surface area contributed by atoms with Gasteiger partial charge in [0.25, 0.3) is 15.9 Å². The fraction of sp³-hybridized carbons (Fsp3) is 0.0833. The number of hydrogen-bond acceptors (Lipinski definition) is 7. The summed E-state index contributed by atoms with van der Waals surface area (Å²) in [5.74, 6) is 9.81. The lowest BCUT2D eigenvalue weighted by Crippen LogP contribution is -2.32. The van der Waals surface area contributed by atoms with E-state index in [0.29, 0.717) is 5.69 Å². The number of carbonyl (C=O) groups is 1. The van der Waals surface area contributed by atoms with Crippen molar-refractivity contribution in [2.45, 2.75) is 4.90 Å². The van der Waals surface area contributed by atoms with E-state index in [1.165, 1.54) is 19.2 Å². The minimum atomic E-state index is -3.80. The number of nitrogen functional groups attached to an aromatic ring is 2. The molecule has 0 atom stereocenters. The molecule has 1 heterocycles. The summed E-state index contributed by atoms with van der Waals surface area (Å²) in [6, 6.07) is 7.48. The first-order valence-electron chi connectivity index (χ1n) is 6.06. The summed E-state index contributed by atoms with van der Waals surface area (Å²) in [7, 11) is -2.43. The molecule has 0 unspecified atom stereocenters. The first-order valence-corrected chi connectivity index (χ1v) is 8.38. The molecule has 0 saturated carbocycles. The summed E-state index contributed by atoms with van der Waals surface area (Å²) in [4.78, 5) is 12.0. The molecule has 0 saturated heterocycles. The van der Waals surface area contributed by atoms with E-state index in [0.717, 1.165) is 15.6 Å². The molecule has 0 aliphatic rings. The van der Waals surface area contributed by atoms with Gasteiger partial charge in [-0.15, -0.1) is 11.3 Å². The number of hydrogen-bond donors (Lipinski definition) is 4. The molecule has 0 aliphatic carbocycles. The minimum Gasteiger partial charge on any atom is -0.324 e. The van der Waals surface area contributed by atoms with Crippen LogP contribution in [-0.2, 0) is 10.0 Å². The maximum Gasteiger partial charge on any atom is 0.277 e. The third kappa shape index (κ3) is 2.90. The van der Waals surface area contributed by atoms with Crippen LogP contribution in [0.4, 0.5) is 11.4 Å². The zero-order valence-electron chi connectivity index (χ0n) is 11.6. The van der Waals surface area contributed by atoms with E-state index in [9.17, 15) is 13.2 Å². The Kier molecular flexibility index (Phi) is 4.66. The Balaban J connectivity index is 2.40. The van der Waals surface area contributed by atoms with Gasteiger partial charge in [0.05, 0.1) is 10.6 Å². The van der Waals surface area contributed by atoms with Crippen LogP contribution in [0, 0.1) is 0 Å². The van der Waals surface area contributed by atoms with Crippen LogP contribution in [0.1, 0.15) is 9.67 Å². The number of benzene rings is 1. The number of nitrogens with one attached hydrogen (secondary N) is 2. The summed E-state index contributed by atoms with van der Waals surface area (Å²) in [5.41, 5.74) is 5.26. The standard InChI is InChI=1S/C12H15N5O3S2/c1-17(10-6-7-21-11(10)12(18)16-14)22(19,20)9-4-2-8(15-13)3-5-9/h2-7,15H,13-14H2,1H3,(H,16,18). The Morgan fingerprint density at radius 1 is 1.18 bits per heavy atom. The van der Waals surface area contributed by atoms with Crippen LogP contribution in [-0.4, -0.2) is 21.4 Å². The first-order chi connectivity index (χ1) is 10.4. The lowest BCUT2D eigenvalue weighted by Gasteiger charge is -2.19. The zero-order chi connectivity index (χ0) is 16.3. The van der Waals surface area contributed by atoms with Gasteiger partial charge in [0, 0.05) is 12.7 Å². The van der Waals surface area contributed by atoms with Crippen molar-refractivity contribution in [3.05, 3.63) is 40.6 Å². The Labute approximate surface area is 131 Å². The molecule has 1 aromatic heterocycles. The Bertz CT molecular complexity index is 770. The van der Waals surface area contributed by atoms with E-state index >= 15 is 0 Å². The second kappa shape index (κ2) is 6.32. The molecule has 0 aliphatic heterocycles. The van der Waals surface area contributed by atoms with Gasteiger partial charge >= 0.3 is 0 Å². The van der Waals surface area contributed by atoms with Crippen LogP contribution in [0.5, 0.6) is 0 Å². The van der Waals surface area contributed by atoms with Crippen molar-refractivity contribution in [3.63, 3.8) is 0 Å². The molecule has 0 fully saturated rings. The van der Waals surface area contributed by atoms with Crippen molar-refractivity contribution in [2.24, 2.45) is 11.7 Å². The second-order valence-corrected chi connectivity index (χ2v) is 7.14. The number of nitrogens with two attached hydrogens (primary N) is 2. The summed E-state index contributed by atoms with van der Waals surface area (Å²) in [6.45, 7) is 0. The third-order valence-electron chi connectivity index (χ3n) is 3.00. The van der Waals surface area contributed by atoms with Crippen LogP contribution in [0.15, 0.2) is 40.6 Å². The van der Waals surface area contributed by atoms with E-state index in [1.807, 2.05) is 5.43 Å². The summed E-state index contributed by atoms with van der Waals surface area (Å²) < 4.78 is 26.3. The van der Waals surface area contributed by atoms with Gasteiger partial charge in [-0.3, -0.25) is 20.4 Å². The van der Waals surface area contributed by atoms with Crippen LogP contribution < -0.4 is 26.8 Å². The maximum absolute atomic E-state index is 12.6. The zero-order valence-corrected chi connectivity index (χ0v) is 13.2. The lowest BCUT2D eigenvalue weighted by atomic mass is 10.3. The number of sulfonamides is 1. The van der Waals surface area contributed by atoms with Crippen LogP contribution in [0.2, 0.25) is 0 Å². The number of carbonyl (C=O) groups excluding carboxylic acids is 1. The molecule has 0 bridgehead atoms. The molecule has 6 N–H and O–H groups in total. The first kappa shape index (κ1) is 16.2. The van der Waals surface area contributed by atoms with E-state index < -0.39 is 15.9 Å². The molecular formula is C12H15N5O3S2. The number of amides is 1. The molecule has 0 radical (unpaired) electrons. The molecule has 0 spiro atoms. The third-order valence-corrected chi connectivity index (χ3v) is 5.69. The van der Waals surface area contributed by atoms with Crippen molar-refractivity contribution in [1.29, 1.82) is 0 Å². The Morgan fingerprint density at radius 3 is 2.36 bits per heavy atom. The second-order valence-electron chi connectivity index (χ2n) is 4.25. The lowest BCUT2D eigenvalue weighted by molar-refractivity contribution is 0.0958. The molecular weight excluding hydrogens is 326 g/mol. The molecule has 118 valence electrons. The normalized spacial score (nSPS) is 11.0. The van der Waals surface area contributed by atoms with Crippen molar-refractivity contribution < 1.29 is 13.2 Å². The topological polar surface area (TPSA) is 131 Å². The minimum absolute atomic E-state index is 0.0827. The van der Waals surface area contributed by atoms with Gasteiger partial charge in [-0.2, -0.15) is 0 Å². The predicted molar refractivity (Wildman–Crippen MR) is 85.8 cm³/mol. The quantitative estimate of drug-likeness (QED) is 0.355. The van der Waals surface area contributed by atoms with E-state index in [-0.39, 0.29) is 15.5 Å². The fourth-order valence-electron chi connectivity index (χ4n) is 1.80. The van der Waals surface area contributed by atoms with Gasteiger partial charge in [0.1, 0.15) is 4.88 Å². The van der Waals surface area contributed by atoms with Crippen LogP contribution in [0.3, 0.4) is 0 Å². The van der Waals surface area contributed by atoms with Crippen molar-refractivity contribution in [1.82, 2.24) is 5.43 Å². The van der Waals surface area contributed by atoms with Gasteiger partial charge in [-0.1, -0.05) is 0 Å². The number of thiophene rings is 1. The van der Waals surface area contributed by atoms with Gasteiger partial charge in [-0.25, -0.2) is 14.3 Å². The number of anilines is 2. The van der Waals surface area contributed by atoms with Crippen LogP contribution >= 0.6 is 11.3 Å². The number of nitrogens with zero attached hydrogens (tertiary/aromatic N) is 1. The van der Waals surface area contributed by atoms with E-state index in [1.54, 1.807) is 23.6 Å². The van der Waals surface area contributed by atoms with Gasteiger partial charge < -0.3 is 5.43 Å². The number of hydrazine groups is 2. The van der Waals surface area contributed by atoms with Crippen LogP contribution in [0.25, 0.3) is 0 Å². The van der Waals surface area contributed by atoms with Gasteiger partial charge in [0.2, 0.25) is 0 Å². The van der Waals surface area contributed by atoms with E-state index in [2.05, 4.69) is 5.43 Å². The molecule has 1 amide bonds. The highest BCUT2D eigenvalue weighted by Gasteiger charge is 2.25. The highest BCUT2D eigenvalue weighted by atomic mass is 32.2. The van der Waals surface area contributed by atoms with Gasteiger partial charge in [0.15, 0.2) is 0 Å². The number of rotatable bonds is 5. The Morgan fingerprint density at radius 2 is 1.82 bits per heavy atom. The average molecular weight is 341 g/mol. The van der Waals surface area contributed by atoms with Crippen molar-refractivity contribution in [3.8, 4) is 0 Å². The molecule has 10 heteroatoms. The smallest absolute Gasteiger partial charge is 0.277 e. The Hall–Kier alpha value is -2.14. The van der Waals surface area contributed by atoms with E-state index in [4.69, 9.17) is 11.7 Å². The summed E-state index contributed by atoms with van der Waals surface area (Å²) in [5, 5.41) is 1.62. The summed E-state index contributed by atoms with van der Waals surface area (Å²) >= 11 is 1.10. The van der Waals surface area contributed by atoms with Crippen molar-refractivity contribution >= 4 is 38.6 Å². The monoisotopic (exact) mass is 341 g/mol. The highest BCUT2D eigenvalue weighted by Crippen LogP contribution is 2.29. The SMILES string of the molecule is CN(c1ccsc1C(=O)NN)S(=O)(=O)c1ccc(NN)cc1. The molecule has 8 nitrogen and oxygen atoms in total. The molecule has 2 aromatic rings. The van der Waals surface area contributed by atoms with Crippen molar-refractivity contribution in [2.75, 3.05) is 16.8 Å². The van der Waals surface area contributed by atoms with Gasteiger partial charge in [-0.05, 0) is 35.7 Å². The molecule has 1 aromatic carbocycles. The molecule has 22 heavy (non-hydrogen) atoms. The fourth-order valence-corrected chi connectivity index (χ4v) is 3.89.